The molecule has 3 aliphatic carbocycles. The van der Waals surface area contributed by atoms with E-state index >= 15 is 4.39 Å². The molecule has 0 amide bonds. The van der Waals surface area contributed by atoms with Gasteiger partial charge in [0.2, 0.25) is 0 Å². The van der Waals surface area contributed by atoms with Gasteiger partial charge in [-0.2, -0.15) is 0 Å². The molecule has 1 saturated carbocycles. The molecule has 5 rings (SSSR count). The summed E-state index contributed by atoms with van der Waals surface area (Å²) in [5.41, 5.74) is 7.54. The van der Waals surface area contributed by atoms with Gasteiger partial charge in [0.1, 0.15) is 5.83 Å². The number of rotatable bonds is 4. The van der Waals surface area contributed by atoms with Crippen molar-refractivity contribution in [2.24, 2.45) is 17.6 Å². The summed E-state index contributed by atoms with van der Waals surface area (Å²) in [6, 6.07) is 2.17. The number of H-pyrrole nitrogens is 2. The molecule has 0 saturated heterocycles. The summed E-state index contributed by atoms with van der Waals surface area (Å²) in [5, 5.41) is 0. The monoisotopic (exact) mass is 415 g/mol. The first-order valence-corrected chi connectivity index (χ1v) is 11.4. The number of aromatic nitrogens is 2. The van der Waals surface area contributed by atoms with Crippen molar-refractivity contribution in [2.45, 2.75) is 57.3 Å². The number of nitrogens with two attached hydrogens (primary N) is 1. The zero-order valence-electron chi connectivity index (χ0n) is 16.5. The number of halogens is 1. The fourth-order valence-electron chi connectivity index (χ4n) is 5.19. The van der Waals surface area contributed by atoms with Crippen molar-refractivity contribution >= 4 is 16.9 Å². The fourth-order valence-corrected chi connectivity index (χ4v) is 6.60. The molecule has 2 heterocycles. The second-order valence-corrected chi connectivity index (χ2v) is 9.95. The van der Waals surface area contributed by atoms with Gasteiger partial charge in [0.15, 0.2) is 0 Å². The lowest BCUT2D eigenvalue weighted by Gasteiger charge is -2.30. The zero-order valence-corrected chi connectivity index (χ0v) is 17.3. The molecule has 2 aromatic rings. The molecule has 0 aromatic carbocycles. The Morgan fingerprint density at radius 3 is 2.76 bits per heavy atom. The lowest BCUT2D eigenvalue weighted by atomic mass is 9.77. The summed E-state index contributed by atoms with van der Waals surface area (Å²) in [6.45, 7) is 2.62. The number of thiophene rings is 1. The second-order valence-electron chi connectivity index (χ2n) is 8.78. The molecule has 154 valence electrons. The summed E-state index contributed by atoms with van der Waals surface area (Å²) in [5.74, 6) is -0.209. The van der Waals surface area contributed by atoms with Gasteiger partial charge in [-0.05, 0) is 68.5 Å². The maximum absolute atomic E-state index is 15.9. The SMILES string of the molecule is CC1c2[nH]c(=O)[nH]c(=O)c2C(C2CC2)=C(F)C1c1cc2c(s1)CCC(CCN)C2. The van der Waals surface area contributed by atoms with E-state index in [0.29, 0.717) is 29.3 Å². The molecular formula is C22H26FN3O2S. The van der Waals surface area contributed by atoms with E-state index in [1.165, 1.54) is 10.4 Å². The van der Waals surface area contributed by atoms with Crippen LogP contribution in [0.3, 0.4) is 0 Å². The van der Waals surface area contributed by atoms with Crippen LogP contribution in [-0.2, 0) is 12.8 Å². The summed E-state index contributed by atoms with van der Waals surface area (Å²) in [4.78, 5) is 32.0. The number of aryl methyl sites for hydroxylation is 1. The van der Waals surface area contributed by atoms with Crippen LogP contribution in [0, 0.1) is 11.8 Å². The molecule has 0 spiro atoms. The van der Waals surface area contributed by atoms with Crippen LogP contribution in [0.4, 0.5) is 4.39 Å². The van der Waals surface area contributed by atoms with Crippen molar-refractivity contribution in [2.75, 3.05) is 6.54 Å². The van der Waals surface area contributed by atoms with E-state index in [4.69, 9.17) is 5.73 Å². The van der Waals surface area contributed by atoms with E-state index in [1.54, 1.807) is 11.3 Å². The third-order valence-electron chi connectivity index (χ3n) is 6.80. The number of hydrogen-bond donors (Lipinski definition) is 3. The zero-order chi connectivity index (χ0) is 20.3. The minimum absolute atomic E-state index is 0.0827. The lowest BCUT2D eigenvalue weighted by molar-refractivity contribution is 0.436. The molecule has 3 aliphatic rings. The highest BCUT2D eigenvalue weighted by molar-refractivity contribution is 7.12. The molecule has 4 N–H and O–H groups in total. The van der Waals surface area contributed by atoms with Gasteiger partial charge >= 0.3 is 5.69 Å². The molecule has 3 atom stereocenters. The summed E-state index contributed by atoms with van der Waals surface area (Å²) in [7, 11) is 0. The molecule has 7 heteroatoms. The normalized spacial score (nSPS) is 26.4. The third kappa shape index (κ3) is 3.15. The van der Waals surface area contributed by atoms with Crippen LogP contribution in [0.1, 0.15) is 71.0 Å². The highest BCUT2D eigenvalue weighted by Gasteiger charge is 2.43. The molecule has 5 nitrogen and oxygen atoms in total. The Morgan fingerprint density at radius 1 is 1.24 bits per heavy atom. The third-order valence-corrected chi connectivity index (χ3v) is 8.12. The molecule has 0 radical (unpaired) electrons. The van der Waals surface area contributed by atoms with Crippen LogP contribution in [0.2, 0.25) is 0 Å². The maximum atomic E-state index is 15.9. The van der Waals surface area contributed by atoms with E-state index in [1.807, 2.05) is 6.92 Å². The first kappa shape index (κ1) is 19.0. The summed E-state index contributed by atoms with van der Waals surface area (Å²) >= 11 is 1.70. The number of allylic oxidation sites excluding steroid dienone is 2. The minimum atomic E-state index is -0.521. The van der Waals surface area contributed by atoms with Crippen LogP contribution in [0.5, 0.6) is 0 Å². The lowest BCUT2D eigenvalue weighted by Crippen LogP contribution is -2.32. The Labute approximate surface area is 172 Å². The quantitative estimate of drug-likeness (QED) is 0.713. The number of fused-ring (bicyclic) bond motifs is 2. The average Bonchev–Trinajstić information content (AvgIpc) is 3.42. The van der Waals surface area contributed by atoms with Crippen LogP contribution in [-0.4, -0.2) is 16.5 Å². The van der Waals surface area contributed by atoms with E-state index in [-0.39, 0.29) is 17.7 Å². The standard InChI is InChI=1S/C22H26FN3O2S/c1-10-16(15-9-13-8-11(6-7-24)2-5-14(13)29-15)19(23)17(12-3-4-12)18-20(10)25-22(28)26-21(18)27/h9-12,16H,2-8,24H2,1H3,(H2,25,26,27,28). The van der Waals surface area contributed by atoms with Crippen molar-refractivity contribution in [3.05, 3.63) is 59.3 Å². The average molecular weight is 416 g/mol. The Balaban J connectivity index is 1.61. The Bertz CT molecular complexity index is 1110. The fraction of sp³-hybridized carbons (Fsp3) is 0.545. The summed E-state index contributed by atoms with van der Waals surface area (Å²) in [6.07, 6.45) is 5.99. The molecule has 29 heavy (non-hydrogen) atoms. The smallest absolute Gasteiger partial charge is 0.325 e. The first-order chi connectivity index (χ1) is 14.0. The second kappa shape index (κ2) is 7.06. The number of aromatic amines is 2. The topological polar surface area (TPSA) is 91.7 Å². The van der Waals surface area contributed by atoms with Crippen LogP contribution >= 0.6 is 11.3 Å². The van der Waals surface area contributed by atoms with E-state index in [9.17, 15) is 9.59 Å². The molecular weight excluding hydrogens is 389 g/mol. The molecule has 0 aliphatic heterocycles. The number of nitrogens with one attached hydrogen (secondary N) is 2. The van der Waals surface area contributed by atoms with E-state index < -0.39 is 17.2 Å². The largest absolute Gasteiger partial charge is 0.330 e. The Kier molecular flexibility index (Phi) is 4.62. The van der Waals surface area contributed by atoms with Gasteiger partial charge in [-0.3, -0.25) is 9.78 Å². The van der Waals surface area contributed by atoms with Crippen LogP contribution in [0.15, 0.2) is 21.5 Å². The molecule has 0 bridgehead atoms. The van der Waals surface area contributed by atoms with Crippen molar-refractivity contribution in [3.8, 4) is 0 Å². The van der Waals surface area contributed by atoms with Gasteiger partial charge in [0, 0.05) is 26.9 Å². The first-order valence-electron chi connectivity index (χ1n) is 10.6. The van der Waals surface area contributed by atoms with Crippen molar-refractivity contribution < 1.29 is 4.39 Å². The van der Waals surface area contributed by atoms with Gasteiger partial charge in [-0.1, -0.05) is 6.92 Å². The molecule has 2 aromatic heterocycles. The van der Waals surface area contributed by atoms with Crippen LogP contribution < -0.4 is 17.0 Å². The van der Waals surface area contributed by atoms with E-state index in [0.717, 1.165) is 43.4 Å². The van der Waals surface area contributed by atoms with Gasteiger partial charge in [0.05, 0.1) is 11.5 Å². The molecule has 1 fully saturated rings. The van der Waals surface area contributed by atoms with Gasteiger partial charge < -0.3 is 10.7 Å². The summed E-state index contributed by atoms with van der Waals surface area (Å²) < 4.78 is 15.9. The number of hydrogen-bond acceptors (Lipinski definition) is 4. The van der Waals surface area contributed by atoms with Crippen LogP contribution in [0.25, 0.3) is 5.57 Å². The van der Waals surface area contributed by atoms with Gasteiger partial charge in [0.25, 0.3) is 5.56 Å². The maximum Gasteiger partial charge on any atom is 0.325 e. The highest BCUT2D eigenvalue weighted by Crippen LogP contribution is 2.55. The Hall–Kier alpha value is -1.99. The van der Waals surface area contributed by atoms with Gasteiger partial charge in [-0.15, -0.1) is 11.3 Å². The van der Waals surface area contributed by atoms with Crippen molar-refractivity contribution in [1.29, 1.82) is 0 Å². The predicted molar refractivity (Wildman–Crippen MR) is 113 cm³/mol. The van der Waals surface area contributed by atoms with E-state index in [2.05, 4.69) is 16.0 Å². The minimum Gasteiger partial charge on any atom is -0.330 e. The molecule has 3 unspecified atom stereocenters. The highest BCUT2D eigenvalue weighted by atomic mass is 32.1. The predicted octanol–water partition coefficient (Wildman–Crippen LogP) is 3.57. The van der Waals surface area contributed by atoms with Gasteiger partial charge in [-0.25, -0.2) is 9.18 Å². The van der Waals surface area contributed by atoms with Crippen molar-refractivity contribution in [3.63, 3.8) is 0 Å². The van der Waals surface area contributed by atoms with Crippen molar-refractivity contribution in [1.82, 2.24) is 9.97 Å². The Morgan fingerprint density at radius 2 is 2.03 bits per heavy atom.